The number of Topliss-reactive ketones (excluding diaryl/α,β-unsaturated/α-hetero) is 1. The number of nitrogens with zero attached hydrogens (tertiary/aromatic N) is 1. The molecule has 45 heavy (non-hydrogen) atoms. The van der Waals surface area contributed by atoms with Crippen LogP contribution in [0.3, 0.4) is 0 Å². The van der Waals surface area contributed by atoms with Crippen molar-refractivity contribution in [3.63, 3.8) is 0 Å². The lowest BCUT2D eigenvalue weighted by atomic mass is 9.93. The third-order valence-corrected chi connectivity index (χ3v) is 9.41. The van der Waals surface area contributed by atoms with Gasteiger partial charge in [-0.15, -0.1) is 13.2 Å². The molecule has 10 heteroatoms. The Kier molecular flexibility index (Phi) is 10.2. The summed E-state index contributed by atoms with van der Waals surface area (Å²) < 4.78 is 5.50. The number of piperidine rings is 1. The minimum Gasteiger partial charge on any atom is -0.449 e. The van der Waals surface area contributed by atoms with Gasteiger partial charge in [0.1, 0.15) is 12.1 Å². The molecular weight excluding hydrogens is 572 g/mol. The maximum atomic E-state index is 14.5. The Hall–Kier alpha value is -3.95. The highest BCUT2D eigenvalue weighted by atomic mass is 16.5. The van der Waals surface area contributed by atoms with Crippen LogP contribution in [0.5, 0.6) is 0 Å². The first kappa shape index (κ1) is 33.9. The van der Waals surface area contributed by atoms with Gasteiger partial charge in [-0.1, -0.05) is 71.0 Å². The minimum absolute atomic E-state index is 0.0877. The fourth-order valence-electron chi connectivity index (χ4n) is 6.87. The summed E-state index contributed by atoms with van der Waals surface area (Å²) >= 11 is 0. The number of ketones is 1. The summed E-state index contributed by atoms with van der Waals surface area (Å²) in [6.07, 6.45) is 4.21. The second-order valence-corrected chi connectivity index (χ2v) is 14.4. The number of hydrogen-bond donors (Lipinski definition) is 3. The molecule has 1 aromatic rings. The van der Waals surface area contributed by atoms with Crippen LogP contribution < -0.4 is 16.0 Å². The molecule has 5 unspecified atom stereocenters. The van der Waals surface area contributed by atoms with Gasteiger partial charge in [0.25, 0.3) is 5.91 Å². The van der Waals surface area contributed by atoms with Crippen LogP contribution in [0.2, 0.25) is 0 Å². The van der Waals surface area contributed by atoms with Crippen LogP contribution >= 0.6 is 0 Å². The molecule has 0 spiro atoms. The van der Waals surface area contributed by atoms with Crippen molar-refractivity contribution in [2.75, 3.05) is 19.7 Å². The van der Waals surface area contributed by atoms with E-state index in [4.69, 9.17) is 4.74 Å². The maximum Gasteiger partial charge on any atom is 0.407 e. The number of fused-ring (bicyclic) bond motifs is 2. The second kappa shape index (κ2) is 13.6. The number of benzene rings is 1. The summed E-state index contributed by atoms with van der Waals surface area (Å²) in [5.74, 6) is -2.66. The van der Waals surface area contributed by atoms with Crippen molar-refractivity contribution < 1.29 is 28.7 Å². The quantitative estimate of drug-likeness (QED) is 0.229. The van der Waals surface area contributed by atoms with Crippen molar-refractivity contribution in [2.45, 2.75) is 78.4 Å². The molecule has 5 atom stereocenters. The van der Waals surface area contributed by atoms with E-state index in [1.807, 2.05) is 45.0 Å². The largest absolute Gasteiger partial charge is 0.449 e. The standard InChI is InChI=1S/C35H48N4O6/c1-8-10-15-25(29(40)31(42)36-16-9-2)37-30(41)28-26-24(35(26,6)7)19-39(28)32(43)27(38-33(44)45-20-34(3,4)5)23-17-21-13-11-12-14-22(21)18-23/h8-9,11-14,23-28H,1-2,10,15-20H2,3-7H3,(H,36,42)(H,37,41)(H,38,44). The van der Waals surface area contributed by atoms with Crippen LogP contribution in [0.4, 0.5) is 4.79 Å². The van der Waals surface area contributed by atoms with E-state index in [0.29, 0.717) is 25.8 Å². The van der Waals surface area contributed by atoms with Gasteiger partial charge in [-0.2, -0.15) is 0 Å². The molecule has 0 radical (unpaired) electrons. The van der Waals surface area contributed by atoms with Gasteiger partial charge in [-0.25, -0.2) is 4.79 Å². The number of carbonyl (C=O) groups is 5. The predicted octanol–water partition coefficient (Wildman–Crippen LogP) is 3.35. The number of hydrogen-bond acceptors (Lipinski definition) is 6. The Morgan fingerprint density at radius 3 is 2.27 bits per heavy atom. The maximum absolute atomic E-state index is 14.5. The number of carbonyl (C=O) groups excluding carboxylic acids is 5. The summed E-state index contributed by atoms with van der Waals surface area (Å²) in [7, 11) is 0. The lowest BCUT2D eigenvalue weighted by Crippen LogP contribution is -2.59. The van der Waals surface area contributed by atoms with Gasteiger partial charge in [0.15, 0.2) is 0 Å². The predicted molar refractivity (Wildman–Crippen MR) is 171 cm³/mol. The van der Waals surface area contributed by atoms with Gasteiger partial charge < -0.3 is 25.6 Å². The van der Waals surface area contributed by atoms with E-state index >= 15 is 0 Å². The van der Waals surface area contributed by atoms with Crippen LogP contribution in [-0.4, -0.2) is 72.3 Å². The fraction of sp³-hybridized carbons (Fsp3) is 0.571. The highest BCUT2D eigenvalue weighted by molar-refractivity contribution is 6.38. The van der Waals surface area contributed by atoms with Gasteiger partial charge in [-0.3, -0.25) is 19.2 Å². The summed E-state index contributed by atoms with van der Waals surface area (Å²) in [6, 6.07) is 5.13. The van der Waals surface area contributed by atoms with Gasteiger partial charge in [0.05, 0.1) is 12.6 Å². The lowest BCUT2D eigenvalue weighted by molar-refractivity contribution is -0.144. The van der Waals surface area contributed by atoms with Gasteiger partial charge in [-0.05, 0) is 65.4 Å². The highest BCUT2D eigenvalue weighted by Gasteiger charge is 2.69. The van der Waals surface area contributed by atoms with Gasteiger partial charge in [0.2, 0.25) is 17.6 Å². The van der Waals surface area contributed by atoms with E-state index in [1.54, 1.807) is 11.0 Å². The van der Waals surface area contributed by atoms with E-state index in [2.05, 4.69) is 43.0 Å². The zero-order chi connectivity index (χ0) is 33.1. The summed E-state index contributed by atoms with van der Waals surface area (Å²) in [5.41, 5.74) is 1.82. The van der Waals surface area contributed by atoms with Crippen LogP contribution in [0.1, 0.15) is 58.6 Å². The van der Waals surface area contributed by atoms with E-state index < -0.39 is 41.8 Å². The van der Waals surface area contributed by atoms with E-state index in [0.717, 1.165) is 11.1 Å². The smallest absolute Gasteiger partial charge is 0.407 e. The first-order valence-electron chi connectivity index (χ1n) is 15.8. The molecule has 1 saturated carbocycles. The minimum atomic E-state index is -1.08. The highest BCUT2D eigenvalue weighted by Crippen LogP contribution is 2.65. The average molecular weight is 621 g/mol. The third kappa shape index (κ3) is 7.65. The lowest BCUT2D eigenvalue weighted by Gasteiger charge is -2.35. The number of nitrogens with one attached hydrogen (secondary N) is 3. The Bertz CT molecular complexity index is 1320. The molecule has 1 heterocycles. The van der Waals surface area contributed by atoms with Crippen LogP contribution in [-0.2, 0) is 36.8 Å². The van der Waals surface area contributed by atoms with Crippen molar-refractivity contribution in [1.29, 1.82) is 0 Å². The molecule has 4 rings (SSSR count). The number of allylic oxidation sites excluding steroid dienone is 1. The van der Waals surface area contributed by atoms with Gasteiger partial charge >= 0.3 is 6.09 Å². The molecule has 244 valence electrons. The molecule has 4 amide bonds. The molecule has 1 saturated heterocycles. The van der Waals surface area contributed by atoms with Crippen molar-refractivity contribution in [3.05, 3.63) is 60.7 Å². The summed E-state index contributed by atoms with van der Waals surface area (Å²) in [5, 5.41) is 8.15. The number of alkyl carbamates (subject to hydrolysis) is 1. The molecule has 3 N–H and O–H groups in total. The Morgan fingerprint density at radius 1 is 1.04 bits per heavy atom. The molecular formula is C35H48N4O6. The van der Waals surface area contributed by atoms with Crippen LogP contribution in [0, 0.1) is 28.6 Å². The Labute approximate surface area is 266 Å². The first-order chi connectivity index (χ1) is 21.2. The summed E-state index contributed by atoms with van der Waals surface area (Å²) in [6.45, 7) is 17.9. The van der Waals surface area contributed by atoms with Crippen molar-refractivity contribution in [3.8, 4) is 0 Å². The van der Waals surface area contributed by atoms with Gasteiger partial charge in [0, 0.05) is 13.1 Å². The topological polar surface area (TPSA) is 134 Å². The Balaban J connectivity index is 1.58. The van der Waals surface area contributed by atoms with Crippen LogP contribution in [0.25, 0.3) is 0 Å². The molecule has 3 aliphatic rings. The van der Waals surface area contributed by atoms with E-state index in [9.17, 15) is 24.0 Å². The molecule has 2 aliphatic carbocycles. The number of rotatable bonds is 13. The normalized spacial score (nSPS) is 22.7. The molecule has 1 aliphatic heterocycles. The monoisotopic (exact) mass is 620 g/mol. The zero-order valence-electron chi connectivity index (χ0n) is 27.2. The van der Waals surface area contributed by atoms with Crippen molar-refractivity contribution >= 4 is 29.6 Å². The SMILES string of the molecule is C=CCCC(NC(=O)C1C2C(CN1C(=O)C(NC(=O)OCC(C)(C)C)C1Cc3ccccc3C1)C2(C)C)C(=O)C(=O)NCC=C. The molecule has 10 nitrogen and oxygen atoms in total. The fourth-order valence-corrected chi connectivity index (χ4v) is 6.87. The molecule has 2 fully saturated rings. The average Bonchev–Trinajstić information content (AvgIpc) is 3.36. The van der Waals surface area contributed by atoms with Crippen LogP contribution in [0.15, 0.2) is 49.6 Å². The zero-order valence-corrected chi connectivity index (χ0v) is 27.2. The first-order valence-corrected chi connectivity index (χ1v) is 15.8. The van der Waals surface area contributed by atoms with Crippen molar-refractivity contribution in [1.82, 2.24) is 20.9 Å². The number of likely N-dealkylation sites (tertiary alicyclic amines) is 1. The van der Waals surface area contributed by atoms with Crippen molar-refractivity contribution in [2.24, 2.45) is 28.6 Å². The molecule has 0 aromatic heterocycles. The third-order valence-electron chi connectivity index (χ3n) is 9.41. The van der Waals surface area contributed by atoms with E-state index in [1.165, 1.54) is 6.08 Å². The number of ether oxygens (including phenoxy) is 1. The molecule has 0 bridgehead atoms. The number of amides is 4. The summed E-state index contributed by atoms with van der Waals surface area (Å²) in [4.78, 5) is 68.6. The second-order valence-electron chi connectivity index (χ2n) is 14.4. The molecule has 1 aromatic carbocycles. The Morgan fingerprint density at radius 2 is 1.69 bits per heavy atom. The van der Waals surface area contributed by atoms with E-state index in [-0.39, 0.29) is 54.1 Å².